The highest BCUT2D eigenvalue weighted by Gasteiger charge is 2.18. The third-order valence-corrected chi connectivity index (χ3v) is 4.83. The third kappa shape index (κ3) is 4.38. The fourth-order valence-corrected chi connectivity index (χ4v) is 3.10. The largest absolute Gasteiger partial charge is 0.462 e. The number of carbonyl (C=O) groups is 1. The van der Waals surface area contributed by atoms with Gasteiger partial charge in [-0.05, 0) is 38.1 Å². The van der Waals surface area contributed by atoms with Gasteiger partial charge in [-0.1, -0.05) is 10.3 Å². The molecule has 0 aliphatic heterocycles. The highest BCUT2D eigenvalue weighted by molar-refractivity contribution is 7.89. The summed E-state index contributed by atoms with van der Waals surface area (Å²) in [6, 6.07) is 7.01. The molecule has 3 rings (SSSR count). The summed E-state index contributed by atoms with van der Waals surface area (Å²) >= 11 is 0. The number of hydrogen-bond acceptors (Lipinski definition) is 9. The number of ether oxygens (including phenoxy) is 1. The van der Waals surface area contributed by atoms with E-state index in [4.69, 9.17) is 13.8 Å². The molecule has 0 atom stereocenters. The van der Waals surface area contributed by atoms with E-state index in [1.54, 1.807) is 19.9 Å². The molecule has 0 bridgehead atoms. The van der Waals surface area contributed by atoms with Gasteiger partial charge in [-0.25, -0.2) is 17.9 Å². The van der Waals surface area contributed by atoms with Gasteiger partial charge in [0.1, 0.15) is 5.76 Å². The summed E-state index contributed by atoms with van der Waals surface area (Å²) in [5.74, 6) is 0.330. The van der Waals surface area contributed by atoms with Crippen LogP contribution in [-0.2, 0) is 21.3 Å². The van der Waals surface area contributed by atoms with Crippen molar-refractivity contribution in [1.29, 1.82) is 0 Å². The second kappa shape index (κ2) is 7.68. The normalized spacial score (nSPS) is 11.5. The topological polar surface area (TPSA) is 137 Å². The molecule has 3 aromatic rings. The summed E-state index contributed by atoms with van der Waals surface area (Å²) < 4.78 is 41.8. The van der Waals surface area contributed by atoms with E-state index < -0.39 is 16.0 Å². The third-order valence-electron chi connectivity index (χ3n) is 3.41. The molecule has 0 spiro atoms. The van der Waals surface area contributed by atoms with E-state index in [1.165, 1.54) is 24.3 Å². The first-order valence-corrected chi connectivity index (χ1v) is 9.40. The number of sulfonamides is 1. The number of benzene rings is 1. The Kier molecular flexibility index (Phi) is 5.33. The summed E-state index contributed by atoms with van der Waals surface area (Å²) in [6.45, 7) is 3.44. The van der Waals surface area contributed by atoms with Crippen LogP contribution in [-0.4, -0.2) is 36.3 Å². The van der Waals surface area contributed by atoms with E-state index >= 15 is 0 Å². The minimum absolute atomic E-state index is 0.0117. The van der Waals surface area contributed by atoms with Crippen molar-refractivity contribution < 1.29 is 27.0 Å². The van der Waals surface area contributed by atoms with E-state index in [2.05, 4.69) is 20.0 Å². The Hall–Kier alpha value is -3.05. The molecule has 0 fully saturated rings. The number of rotatable bonds is 7. The van der Waals surface area contributed by atoms with Gasteiger partial charge >= 0.3 is 5.97 Å². The molecule has 27 heavy (non-hydrogen) atoms. The van der Waals surface area contributed by atoms with Crippen LogP contribution < -0.4 is 4.72 Å². The van der Waals surface area contributed by atoms with E-state index in [0.29, 0.717) is 11.5 Å². The fourth-order valence-electron chi connectivity index (χ4n) is 2.13. The van der Waals surface area contributed by atoms with E-state index in [0.717, 1.165) is 0 Å². The summed E-state index contributed by atoms with van der Waals surface area (Å²) in [5, 5.41) is 7.48. The van der Waals surface area contributed by atoms with Crippen molar-refractivity contribution in [3.8, 4) is 11.5 Å². The molecule has 0 amide bonds. The lowest BCUT2D eigenvalue weighted by molar-refractivity contribution is 0.0526. The standard InChI is InChI=1S/C16H16N4O6S/c1-3-24-16(21)11-4-6-12(7-5-11)27(22,23)17-9-14-18-15(20-26-14)13-8-10(2)25-19-13/h4-8,17H,3,9H2,1-2H3. The van der Waals surface area contributed by atoms with Gasteiger partial charge < -0.3 is 13.8 Å². The fraction of sp³-hybridized carbons (Fsp3) is 0.250. The summed E-state index contributed by atoms with van der Waals surface area (Å²) in [7, 11) is -3.83. The number of hydrogen-bond donors (Lipinski definition) is 1. The lowest BCUT2D eigenvalue weighted by Gasteiger charge is -2.06. The van der Waals surface area contributed by atoms with Crippen LogP contribution in [0.4, 0.5) is 0 Å². The minimum atomic E-state index is -3.83. The van der Waals surface area contributed by atoms with Crippen LogP contribution in [0.5, 0.6) is 0 Å². The zero-order valence-electron chi connectivity index (χ0n) is 14.5. The number of nitrogens with one attached hydrogen (secondary N) is 1. The minimum Gasteiger partial charge on any atom is -0.462 e. The first-order chi connectivity index (χ1) is 12.9. The number of aryl methyl sites for hydroxylation is 1. The molecule has 0 unspecified atom stereocenters. The first kappa shape index (κ1) is 18.7. The zero-order valence-corrected chi connectivity index (χ0v) is 15.3. The average Bonchev–Trinajstić information content (AvgIpc) is 3.29. The summed E-state index contributed by atoms with van der Waals surface area (Å²) in [5.41, 5.74) is 0.653. The van der Waals surface area contributed by atoms with Crippen LogP contribution in [0, 0.1) is 6.92 Å². The molecule has 2 heterocycles. The maximum absolute atomic E-state index is 12.3. The maximum atomic E-state index is 12.3. The number of aromatic nitrogens is 3. The molecule has 0 radical (unpaired) electrons. The molecule has 10 nitrogen and oxygen atoms in total. The quantitative estimate of drug-likeness (QED) is 0.595. The van der Waals surface area contributed by atoms with Gasteiger partial charge in [0, 0.05) is 6.07 Å². The molecular formula is C16H16N4O6S. The Morgan fingerprint density at radius 1 is 1.19 bits per heavy atom. The van der Waals surface area contributed by atoms with Crippen molar-refractivity contribution in [3.63, 3.8) is 0 Å². The highest BCUT2D eigenvalue weighted by Crippen LogP contribution is 2.16. The molecule has 1 N–H and O–H groups in total. The van der Waals surface area contributed by atoms with Gasteiger partial charge in [-0.3, -0.25) is 0 Å². The molecule has 0 aliphatic carbocycles. The monoisotopic (exact) mass is 392 g/mol. The molecule has 142 valence electrons. The number of nitrogens with zero attached hydrogens (tertiary/aromatic N) is 3. The van der Waals surface area contributed by atoms with Gasteiger partial charge in [0.25, 0.3) is 0 Å². The molecule has 2 aromatic heterocycles. The van der Waals surface area contributed by atoms with Gasteiger partial charge in [0.2, 0.25) is 21.7 Å². The van der Waals surface area contributed by atoms with Crippen LogP contribution in [0.3, 0.4) is 0 Å². The van der Waals surface area contributed by atoms with Crippen LogP contribution in [0.15, 0.2) is 44.3 Å². The maximum Gasteiger partial charge on any atom is 0.338 e. The van der Waals surface area contributed by atoms with E-state index in [1.807, 2.05) is 0 Å². The van der Waals surface area contributed by atoms with Crippen molar-refractivity contribution >= 4 is 16.0 Å². The van der Waals surface area contributed by atoms with Crippen LogP contribution >= 0.6 is 0 Å². The Morgan fingerprint density at radius 3 is 2.56 bits per heavy atom. The van der Waals surface area contributed by atoms with Crippen LogP contribution in [0.2, 0.25) is 0 Å². The van der Waals surface area contributed by atoms with Crippen molar-refractivity contribution in [2.45, 2.75) is 25.3 Å². The van der Waals surface area contributed by atoms with Crippen LogP contribution in [0.25, 0.3) is 11.5 Å². The van der Waals surface area contributed by atoms with Gasteiger partial charge in [-0.2, -0.15) is 4.98 Å². The molecule has 11 heteroatoms. The lowest BCUT2D eigenvalue weighted by atomic mass is 10.2. The van der Waals surface area contributed by atoms with Gasteiger partial charge in [-0.15, -0.1) is 0 Å². The second-order valence-corrected chi connectivity index (χ2v) is 7.17. The SMILES string of the molecule is CCOC(=O)c1ccc(S(=O)(=O)NCc2nc(-c3cc(C)on3)no2)cc1. The average molecular weight is 392 g/mol. The Bertz CT molecular complexity index is 1040. The van der Waals surface area contributed by atoms with Crippen molar-refractivity contribution in [3.05, 3.63) is 47.5 Å². The van der Waals surface area contributed by atoms with Crippen molar-refractivity contribution in [2.24, 2.45) is 0 Å². The molecule has 0 saturated carbocycles. The predicted octanol–water partition coefficient (Wildman–Crippen LogP) is 1.69. The van der Waals surface area contributed by atoms with Gasteiger partial charge in [0.05, 0.1) is 23.6 Å². The lowest BCUT2D eigenvalue weighted by Crippen LogP contribution is -2.23. The molecule has 1 aromatic carbocycles. The molecular weight excluding hydrogens is 376 g/mol. The molecule has 0 saturated heterocycles. The highest BCUT2D eigenvalue weighted by atomic mass is 32.2. The number of esters is 1. The van der Waals surface area contributed by atoms with E-state index in [-0.39, 0.29) is 35.3 Å². The Labute approximate surface area is 154 Å². The van der Waals surface area contributed by atoms with E-state index in [9.17, 15) is 13.2 Å². The van der Waals surface area contributed by atoms with Gasteiger partial charge in [0.15, 0.2) is 5.69 Å². The summed E-state index contributed by atoms with van der Waals surface area (Å²) in [6.07, 6.45) is 0. The summed E-state index contributed by atoms with van der Waals surface area (Å²) in [4.78, 5) is 15.7. The molecule has 0 aliphatic rings. The Morgan fingerprint density at radius 2 is 1.93 bits per heavy atom. The Balaban J connectivity index is 1.66. The van der Waals surface area contributed by atoms with Crippen molar-refractivity contribution in [2.75, 3.05) is 6.61 Å². The van der Waals surface area contributed by atoms with Crippen molar-refractivity contribution in [1.82, 2.24) is 20.0 Å². The van der Waals surface area contributed by atoms with Crippen LogP contribution in [0.1, 0.15) is 28.9 Å². The predicted molar refractivity (Wildman–Crippen MR) is 91.0 cm³/mol. The second-order valence-electron chi connectivity index (χ2n) is 5.40. The zero-order chi connectivity index (χ0) is 19.4. The smallest absolute Gasteiger partial charge is 0.338 e. The number of carbonyl (C=O) groups excluding carboxylic acids is 1. The first-order valence-electron chi connectivity index (χ1n) is 7.92.